The Morgan fingerprint density at radius 2 is 1.21 bits per heavy atom. The third kappa shape index (κ3) is 2.63. The number of hydrogen-bond acceptors (Lipinski definition) is 1. The molecular weight excluding hydrogens is 294 g/mol. The van der Waals surface area contributed by atoms with E-state index in [1.165, 1.54) is 4.90 Å². The second-order valence-corrected chi connectivity index (χ2v) is 6.78. The lowest BCUT2D eigenvalue weighted by Crippen LogP contribution is -3.16. The summed E-state index contributed by atoms with van der Waals surface area (Å²) in [6, 6.07) is 21.0. The highest BCUT2D eigenvalue weighted by Crippen LogP contribution is 2.30. The molecule has 2 saturated heterocycles. The molecule has 2 heteroatoms. The van der Waals surface area contributed by atoms with Crippen molar-refractivity contribution < 1.29 is 9.69 Å². The topological polar surface area (TPSA) is 21.5 Å². The number of fused-ring (bicyclic) bond motifs is 2. The Morgan fingerprint density at radius 3 is 1.62 bits per heavy atom. The summed E-state index contributed by atoms with van der Waals surface area (Å²) >= 11 is 0. The lowest BCUT2D eigenvalue weighted by atomic mass is 9.88. The largest absolute Gasteiger partial charge is 0.325 e. The number of rotatable bonds is 2. The first-order valence-corrected chi connectivity index (χ1v) is 8.65. The smallest absolute Gasteiger partial charge is 0.196 e. The molecule has 0 aliphatic carbocycles. The predicted molar refractivity (Wildman–Crippen MR) is 97.5 cm³/mol. The summed E-state index contributed by atoms with van der Waals surface area (Å²) in [5, 5.41) is 0. The van der Waals surface area contributed by atoms with Crippen LogP contribution in [0.15, 0.2) is 71.8 Å². The van der Waals surface area contributed by atoms with E-state index in [4.69, 9.17) is 0 Å². The van der Waals surface area contributed by atoms with Gasteiger partial charge in [0.1, 0.15) is 12.1 Å². The average molecular weight is 316 g/mol. The second-order valence-electron chi connectivity index (χ2n) is 6.78. The van der Waals surface area contributed by atoms with Gasteiger partial charge in [0, 0.05) is 12.8 Å². The minimum atomic E-state index is 0.237. The predicted octanol–water partition coefficient (Wildman–Crippen LogP) is 2.78. The van der Waals surface area contributed by atoms with E-state index in [0.717, 1.165) is 35.1 Å². The number of benzene rings is 2. The SMILES string of the molecule is C[NH+]1[C@@H]2CC[C@H]1/C(=C/c1ccccc1)C(=O)/C2=C/c1ccccc1. The van der Waals surface area contributed by atoms with Crippen molar-refractivity contribution in [3.63, 3.8) is 0 Å². The fraction of sp³-hybridized carbons (Fsp3) is 0.227. The fourth-order valence-corrected chi connectivity index (χ4v) is 4.11. The molecule has 24 heavy (non-hydrogen) atoms. The normalized spacial score (nSPS) is 29.4. The van der Waals surface area contributed by atoms with Gasteiger partial charge in [0.05, 0.1) is 18.2 Å². The molecule has 2 aliphatic rings. The van der Waals surface area contributed by atoms with Crippen LogP contribution in [0, 0.1) is 0 Å². The third-order valence-electron chi connectivity index (χ3n) is 5.36. The number of likely N-dealkylation sites (N-methyl/N-ethyl adjacent to an activating group) is 1. The first-order chi connectivity index (χ1) is 11.7. The molecular formula is C22H22NO+. The van der Waals surface area contributed by atoms with Gasteiger partial charge in [0.2, 0.25) is 0 Å². The van der Waals surface area contributed by atoms with Gasteiger partial charge in [0.15, 0.2) is 5.78 Å². The Hall–Kier alpha value is -2.45. The summed E-state index contributed by atoms with van der Waals surface area (Å²) in [7, 11) is 2.23. The summed E-state index contributed by atoms with van der Waals surface area (Å²) < 4.78 is 0. The molecule has 0 aromatic heterocycles. The van der Waals surface area contributed by atoms with Gasteiger partial charge in [-0.05, 0) is 23.3 Å². The van der Waals surface area contributed by atoms with Gasteiger partial charge in [-0.3, -0.25) is 4.79 Å². The number of nitrogens with one attached hydrogen (secondary N) is 1. The molecule has 1 N–H and O–H groups in total. The molecule has 0 spiro atoms. The maximum atomic E-state index is 13.2. The molecule has 2 nitrogen and oxygen atoms in total. The Morgan fingerprint density at radius 1 is 0.792 bits per heavy atom. The molecule has 4 rings (SSSR count). The molecule has 2 bridgehead atoms. The van der Waals surface area contributed by atoms with Gasteiger partial charge in [0.25, 0.3) is 0 Å². The third-order valence-corrected chi connectivity index (χ3v) is 5.36. The Balaban J connectivity index is 1.78. The van der Waals surface area contributed by atoms with Crippen LogP contribution < -0.4 is 4.90 Å². The van der Waals surface area contributed by atoms with Gasteiger partial charge in [-0.1, -0.05) is 60.7 Å². The van der Waals surface area contributed by atoms with Crippen molar-refractivity contribution in [1.82, 2.24) is 0 Å². The van der Waals surface area contributed by atoms with Crippen LogP contribution in [0.5, 0.6) is 0 Å². The van der Waals surface area contributed by atoms with Crippen LogP contribution >= 0.6 is 0 Å². The van der Waals surface area contributed by atoms with Crippen LogP contribution in [0.25, 0.3) is 12.2 Å². The Kier molecular flexibility index (Phi) is 3.91. The molecule has 120 valence electrons. The van der Waals surface area contributed by atoms with Crippen molar-refractivity contribution in [2.24, 2.45) is 0 Å². The summed E-state index contributed by atoms with van der Waals surface area (Å²) in [6.45, 7) is 0. The molecule has 0 amide bonds. The van der Waals surface area contributed by atoms with E-state index >= 15 is 0 Å². The number of Topliss-reactive ketones (excluding diaryl/α,β-unsaturated/α-hetero) is 1. The Bertz CT molecular complexity index is 737. The van der Waals surface area contributed by atoms with Crippen molar-refractivity contribution in [2.45, 2.75) is 24.9 Å². The number of carbonyl (C=O) groups excluding carboxylic acids is 1. The van der Waals surface area contributed by atoms with E-state index in [-0.39, 0.29) is 5.78 Å². The molecule has 3 atom stereocenters. The van der Waals surface area contributed by atoms with Crippen LogP contribution in [-0.4, -0.2) is 24.9 Å². The number of piperidine rings is 1. The van der Waals surface area contributed by atoms with Gasteiger partial charge < -0.3 is 4.90 Å². The number of hydrogen-bond donors (Lipinski definition) is 1. The molecule has 2 heterocycles. The van der Waals surface area contributed by atoms with E-state index in [9.17, 15) is 4.79 Å². The quantitative estimate of drug-likeness (QED) is 0.845. The maximum absolute atomic E-state index is 13.2. The second kappa shape index (κ2) is 6.21. The van der Waals surface area contributed by atoms with E-state index in [1.54, 1.807) is 0 Å². The average Bonchev–Trinajstić information content (AvgIpc) is 2.93. The summed E-state index contributed by atoms with van der Waals surface area (Å²) in [4.78, 5) is 14.6. The van der Waals surface area contributed by atoms with Crippen molar-refractivity contribution in [3.8, 4) is 0 Å². The lowest BCUT2D eigenvalue weighted by molar-refractivity contribution is -0.906. The molecule has 0 radical (unpaired) electrons. The zero-order valence-electron chi connectivity index (χ0n) is 13.9. The maximum Gasteiger partial charge on any atom is 0.196 e. The zero-order chi connectivity index (χ0) is 16.5. The van der Waals surface area contributed by atoms with Crippen LogP contribution in [0.4, 0.5) is 0 Å². The first-order valence-electron chi connectivity index (χ1n) is 8.65. The first kappa shape index (κ1) is 15.1. The number of quaternary nitrogens is 1. The molecule has 0 saturated carbocycles. The molecule has 1 unspecified atom stereocenters. The summed E-state index contributed by atoms with van der Waals surface area (Å²) in [5.41, 5.74) is 4.15. The van der Waals surface area contributed by atoms with Crippen molar-refractivity contribution >= 4 is 17.9 Å². The van der Waals surface area contributed by atoms with Crippen molar-refractivity contribution in [3.05, 3.63) is 82.9 Å². The molecule has 2 aromatic carbocycles. The van der Waals surface area contributed by atoms with Crippen LogP contribution in [-0.2, 0) is 4.79 Å². The summed E-state index contributed by atoms with van der Waals surface area (Å²) in [5.74, 6) is 0.237. The molecule has 2 aromatic rings. The minimum absolute atomic E-state index is 0.237. The highest BCUT2D eigenvalue weighted by atomic mass is 16.1. The number of carbonyl (C=O) groups is 1. The standard InChI is InChI=1S/C22H21NO/c1-23-20-12-13-21(23)19(15-17-10-6-3-7-11-17)22(24)18(20)14-16-8-4-2-5-9-16/h2-11,14-15,20-21H,12-13H2,1H3/p+1/b18-14-,19-15+/t20-,21+/m0/s1. The van der Waals surface area contributed by atoms with E-state index in [0.29, 0.717) is 12.1 Å². The van der Waals surface area contributed by atoms with Crippen LogP contribution in [0.3, 0.4) is 0 Å². The molecule has 2 aliphatic heterocycles. The van der Waals surface area contributed by atoms with Gasteiger partial charge in [-0.15, -0.1) is 0 Å². The highest BCUT2D eigenvalue weighted by molar-refractivity contribution is 6.15. The monoisotopic (exact) mass is 316 g/mol. The van der Waals surface area contributed by atoms with E-state index < -0.39 is 0 Å². The zero-order valence-corrected chi connectivity index (χ0v) is 13.9. The van der Waals surface area contributed by atoms with E-state index in [2.05, 4.69) is 43.5 Å². The fourth-order valence-electron chi connectivity index (χ4n) is 4.11. The van der Waals surface area contributed by atoms with Gasteiger partial charge >= 0.3 is 0 Å². The Labute approximate surface area is 143 Å². The minimum Gasteiger partial charge on any atom is -0.325 e. The lowest BCUT2D eigenvalue weighted by Gasteiger charge is -2.31. The van der Waals surface area contributed by atoms with Crippen LogP contribution in [0.1, 0.15) is 24.0 Å². The van der Waals surface area contributed by atoms with Crippen molar-refractivity contribution in [2.75, 3.05) is 7.05 Å². The van der Waals surface area contributed by atoms with Gasteiger partial charge in [-0.25, -0.2) is 0 Å². The van der Waals surface area contributed by atoms with E-state index in [1.807, 2.05) is 36.4 Å². The van der Waals surface area contributed by atoms with Gasteiger partial charge in [-0.2, -0.15) is 0 Å². The summed E-state index contributed by atoms with van der Waals surface area (Å²) in [6.07, 6.45) is 6.37. The number of ketones is 1. The highest BCUT2D eigenvalue weighted by Gasteiger charge is 2.48. The molecule has 2 fully saturated rings. The van der Waals surface area contributed by atoms with Crippen LogP contribution in [0.2, 0.25) is 0 Å². The van der Waals surface area contributed by atoms with Crippen molar-refractivity contribution in [1.29, 1.82) is 0 Å².